The molecule has 0 heteroatoms. The molecule has 0 aliphatic carbocycles. The third-order valence-corrected chi connectivity index (χ3v) is 7.33. The fourth-order valence-electron chi connectivity index (χ4n) is 5.87. The average molecular weight is 402 g/mol. The molecule has 0 spiro atoms. The minimum atomic E-state index is 1.34. The van der Waals surface area contributed by atoms with Gasteiger partial charge in [0, 0.05) is 0 Å². The highest BCUT2D eigenvalue weighted by molar-refractivity contribution is 6.38. The van der Waals surface area contributed by atoms with E-state index in [2.05, 4.69) is 109 Å². The lowest BCUT2D eigenvalue weighted by atomic mass is 9.84. The van der Waals surface area contributed by atoms with Gasteiger partial charge in [0.15, 0.2) is 0 Å². The highest BCUT2D eigenvalue weighted by Crippen LogP contribution is 2.45. The summed E-state index contributed by atoms with van der Waals surface area (Å²) < 4.78 is 0. The van der Waals surface area contributed by atoms with Crippen molar-refractivity contribution in [3.63, 3.8) is 0 Å². The molecule has 0 aromatic heterocycles. The third kappa shape index (κ3) is 1.98. The highest BCUT2D eigenvalue weighted by atomic mass is 14.2. The predicted octanol–water partition coefficient (Wildman–Crippen LogP) is 9.20. The number of rotatable bonds is 0. The van der Waals surface area contributed by atoms with E-state index in [9.17, 15) is 0 Å². The molecule has 0 amide bonds. The zero-order valence-electron chi connectivity index (χ0n) is 17.4. The van der Waals surface area contributed by atoms with Crippen LogP contribution in [0.4, 0.5) is 0 Å². The summed E-state index contributed by atoms with van der Waals surface area (Å²) in [5.74, 6) is 0. The van der Waals surface area contributed by atoms with Gasteiger partial charge in [-0.1, -0.05) is 103 Å². The lowest BCUT2D eigenvalue weighted by molar-refractivity contribution is 1.78. The second-order valence-electron chi connectivity index (χ2n) is 8.94. The Kier molecular flexibility index (Phi) is 2.97. The van der Waals surface area contributed by atoms with Crippen LogP contribution in [-0.2, 0) is 0 Å². The molecule has 0 aliphatic rings. The Morgan fingerprint density at radius 3 is 1.22 bits per heavy atom. The van der Waals surface area contributed by atoms with Crippen LogP contribution in [0.5, 0.6) is 0 Å². The van der Waals surface area contributed by atoms with Crippen molar-refractivity contribution in [2.45, 2.75) is 0 Å². The van der Waals surface area contributed by atoms with Gasteiger partial charge in [-0.3, -0.25) is 0 Å². The number of benzene rings is 9. The topological polar surface area (TPSA) is 0 Å². The molecule has 0 fully saturated rings. The Morgan fingerprint density at radius 1 is 0.250 bits per heavy atom. The average Bonchev–Trinajstić information content (AvgIpc) is 2.84. The van der Waals surface area contributed by atoms with Gasteiger partial charge in [0.1, 0.15) is 0 Å². The second-order valence-corrected chi connectivity index (χ2v) is 8.94. The van der Waals surface area contributed by atoms with Crippen LogP contribution in [0.15, 0.2) is 109 Å². The molecule has 0 radical (unpaired) electrons. The molecule has 0 atom stereocenters. The summed E-state index contributed by atoms with van der Waals surface area (Å²) in [6, 6.07) is 39.8. The first-order valence-corrected chi connectivity index (χ1v) is 11.2. The maximum Gasteiger partial charge on any atom is -0.00201 e. The number of fused-ring (bicyclic) bond motifs is 1. The molecule has 32 heavy (non-hydrogen) atoms. The van der Waals surface area contributed by atoms with Gasteiger partial charge in [-0.15, -0.1) is 0 Å². The van der Waals surface area contributed by atoms with Crippen molar-refractivity contribution in [2.75, 3.05) is 0 Å². The molecule has 9 rings (SSSR count). The minimum Gasteiger partial charge on any atom is -0.0610 e. The summed E-state index contributed by atoms with van der Waals surface area (Å²) >= 11 is 0. The zero-order valence-corrected chi connectivity index (χ0v) is 17.4. The molecule has 146 valence electrons. The molecule has 9 aromatic rings. The normalized spacial score (nSPS) is 12.4. The number of hydrogen-bond donors (Lipinski definition) is 0. The van der Waals surface area contributed by atoms with E-state index in [4.69, 9.17) is 0 Å². The standard InChI is InChI=1S/C16H8.C16H10/c1-2-9-4-5-10-6-7-11-13-8-14(11)16(10)15(9)12(13)3-1;1-3-11-7-9-13-5-2-6-14-10-8-12(4-1)15(11)16(13)14/h1-8H;1-10H. The van der Waals surface area contributed by atoms with Gasteiger partial charge in [-0.2, -0.15) is 0 Å². The molecular weight excluding hydrogens is 384 g/mol. The Balaban J connectivity index is 0.000000106. The van der Waals surface area contributed by atoms with Crippen molar-refractivity contribution in [1.82, 2.24) is 0 Å². The lowest BCUT2D eigenvalue weighted by Crippen LogP contribution is -1.91. The van der Waals surface area contributed by atoms with Crippen molar-refractivity contribution in [2.24, 2.45) is 0 Å². The molecule has 4 bridgehead atoms. The zero-order chi connectivity index (χ0) is 20.8. The fraction of sp³-hybridized carbons (Fsp3) is 0. The molecule has 0 saturated carbocycles. The molecule has 9 aromatic carbocycles. The minimum absolute atomic E-state index is 1.34. The van der Waals surface area contributed by atoms with Gasteiger partial charge in [0.05, 0.1) is 0 Å². The van der Waals surface area contributed by atoms with Crippen LogP contribution in [0.3, 0.4) is 0 Å². The molecule has 0 aliphatic heterocycles. The summed E-state index contributed by atoms with van der Waals surface area (Å²) in [6.45, 7) is 0. The molecule has 0 heterocycles. The van der Waals surface area contributed by atoms with Crippen LogP contribution >= 0.6 is 0 Å². The Labute approximate surface area is 184 Å². The summed E-state index contributed by atoms with van der Waals surface area (Å²) in [4.78, 5) is 0. The Morgan fingerprint density at radius 2 is 0.656 bits per heavy atom. The van der Waals surface area contributed by atoms with Crippen LogP contribution in [0.25, 0.3) is 75.4 Å². The molecule has 0 unspecified atom stereocenters. The first kappa shape index (κ1) is 16.5. The largest absolute Gasteiger partial charge is 0.0610 e. The van der Waals surface area contributed by atoms with Gasteiger partial charge < -0.3 is 0 Å². The van der Waals surface area contributed by atoms with E-state index in [-0.39, 0.29) is 0 Å². The van der Waals surface area contributed by atoms with Crippen LogP contribution in [0.1, 0.15) is 0 Å². The maximum absolute atomic E-state index is 2.33. The van der Waals surface area contributed by atoms with Crippen LogP contribution in [0, 0.1) is 0 Å². The van der Waals surface area contributed by atoms with Gasteiger partial charge >= 0.3 is 0 Å². The summed E-state index contributed by atoms with van der Waals surface area (Å²) in [6.07, 6.45) is 0. The van der Waals surface area contributed by atoms with Crippen molar-refractivity contribution in [3.8, 4) is 0 Å². The fourth-order valence-corrected chi connectivity index (χ4v) is 5.87. The first-order chi connectivity index (χ1) is 15.9. The van der Waals surface area contributed by atoms with E-state index in [1.165, 1.54) is 75.4 Å². The third-order valence-electron chi connectivity index (χ3n) is 7.33. The summed E-state index contributed by atoms with van der Waals surface area (Å²) in [5, 5.41) is 19.5. The monoisotopic (exact) mass is 402 g/mol. The van der Waals surface area contributed by atoms with Gasteiger partial charge in [0.25, 0.3) is 0 Å². The Bertz CT molecular complexity index is 1780. The van der Waals surface area contributed by atoms with Crippen LogP contribution in [-0.4, -0.2) is 0 Å². The smallest absolute Gasteiger partial charge is 0.00201 e. The molecular formula is C32H18. The van der Waals surface area contributed by atoms with E-state index in [0.717, 1.165) is 0 Å². The van der Waals surface area contributed by atoms with Crippen molar-refractivity contribution in [1.29, 1.82) is 0 Å². The van der Waals surface area contributed by atoms with Crippen molar-refractivity contribution >= 4 is 75.4 Å². The van der Waals surface area contributed by atoms with E-state index in [0.29, 0.717) is 0 Å². The van der Waals surface area contributed by atoms with Gasteiger partial charge in [0.2, 0.25) is 0 Å². The second kappa shape index (κ2) is 5.75. The number of hydrogen-bond acceptors (Lipinski definition) is 0. The lowest BCUT2D eigenvalue weighted by Gasteiger charge is -2.19. The summed E-state index contributed by atoms with van der Waals surface area (Å²) in [7, 11) is 0. The van der Waals surface area contributed by atoms with Crippen LogP contribution in [0.2, 0.25) is 0 Å². The maximum atomic E-state index is 2.33. The molecule has 0 saturated heterocycles. The van der Waals surface area contributed by atoms with Crippen molar-refractivity contribution in [3.05, 3.63) is 109 Å². The van der Waals surface area contributed by atoms with Crippen LogP contribution < -0.4 is 0 Å². The Hall–Kier alpha value is -4.16. The highest BCUT2D eigenvalue weighted by Gasteiger charge is 2.17. The van der Waals surface area contributed by atoms with E-state index >= 15 is 0 Å². The first-order valence-electron chi connectivity index (χ1n) is 11.2. The quantitative estimate of drug-likeness (QED) is 0.222. The molecule has 0 nitrogen and oxygen atoms in total. The van der Waals surface area contributed by atoms with Crippen molar-refractivity contribution < 1.29 is 0 Å². The summed E-state index contributed by atoms with van der Waals surface area (Å²) in [5.41, 5.74) is 0. The molecule has 0 N–H and O–H groups in total. The van der Waals surface area contributed by atoms with E-state index in [1.54, 1.807) is 0 Å². The van der Waals surface area contributed by atoms with Gasteiger partial charge in [-0.25, -0.2) is 0 Å². The van der Waals surface area contributed by atoms with Gasteiger partial charge in [-0.05, 0) is 81.5 Å². The SMILES string of the molecule is c1cc2ccc3ccc4c5cc4c3c2c5c1.c1cc2ccc3cccc4ccc(c1)c2c34. The predicted molar refractivity (Wildman–Crippen MR) is 140 cm³/mol. The van der Waals surface area contributed by atoms with E-state index in [1.807, 2.05) is 0 Å². The van der Waals surface area contributed by atoms with E-state index < -0.39 is 0 Å².